The maximum absolute atomic E-state index is 12.7. The van der Waals surface area contributed by atoms with E-state index in [4.69, 9.17) is 4.74 Å². The van der Waals surface area contributed by atoms with Gasteiger partial charge in [0.25, 0.3) is 5.91 Å². The summed E-state index contributed by atoms with van der Waals surface area (Å²) in [6.07, 6.45) is 1.71. The van der Waals surface area contributed by atoms with Gasteiger partial charge in [-0.05, 0) is 42.8 Å². The van der Waals surface area contributed by atoms with Crippen molar-refractivity contribution in [1.29, 1.82) is 0 Å². The van der Waals surface area contributed by atoms with Gasteiger partial charge in [0.05, 0.1) is 16.7 Å². The van der Waals surface area contributed by atoms with Crippen molar-refractivity contribution in [3.63, 3.8) is 0 Å². The normalized spacial score (nSPS) is 12.6. The van der Waals surface area contributed by atoms with E-state index in [1.807, 2.05) is 36.7 Å². The number of aromatic nitrogens is 1. The molecular weight excluding hydrogens is 422 g/mol. The number of benzene rings is 2. The highest BCUT2D eigenvalue weighted by molar-refractivity contribution is 7.89. The summed E-state index contributed by atoms with van der Waals surface area (Å²) < 4.78 is 34.7. The van der Waals surface area contributed by atoms with E-state index in [1.165, 1.54) is 39.9 Å². The Morgan fingerprint density at radius 1 is 1.20 bits per heavy atom. The minimum absolute atomic E-state index is 0.162. The molecule has 0 saturated heterocycles. The van der Waals surface area contributed by atoms with E-state index in [2.05, 4.69) is 4.99 Å². The molecule has 30 heavy (non-hydrogen) atoms. The zero-order chi connectivity index (χ0) is 21.9. The molecule has 0 aliphatic heterocycles. The monoisotopic (exact) mass is 447 g/mol. The van der Waals surface area contributed by atoms with Crippen molar-refractivity contribution in [2.75, 3.05) is 20.7 Å². The second-order valence-corrected chi connectivity index (χ2v) is 9.93. The minimum Gasteiger partial charge on any atom is -0.495 e. The summed E-state index contributed by atoms with van der Waals surface area (Å²) in [4.78, 5) is 17.6. The van der Waals surface area contributed by atoms with Gasteiger partial charge < -0.3 is 9.30 Å². The van der Waals surface area contributed by atoms with Gasteiger partial charge in [0, 0.05) is 26.2 Å². The lowest BCUT2D eigenvalue weighted by atomic mass is 10.2. The molecule has 0 aliphatic rings. The summed E-state index contributed by atoms with van der Waals surface area (Å²) in [5.74, 6) is 0.279. The Kier molecular flexibility index (Phi) is 6.74. The average Bonchev–Trinajstić information content (AvgIpc) is 3.07. The first-order valence-corrected chi connectivity index (χ1v) is 11.8. The van der Waals surface area contributed by atoms with Gasteiger partial charge in [-0.3, -0.25) is 4.79 Å². The molecule has 0 radical (unpaired) electrons. The van der Waals surface area contributed by atoms with Crippen molar-refractivity contribution in [1.82, 2.24) is 8.87 Å². The first-order valence-electron chi connectivity index (χ1n) is 9.57. The Balaban J connectivity index is 1.90. The molecule has 1 amide bonds. The smallest absolute Gasteiger partial charge is 0.279 e. The molecule has 1 heterocycles. The molecule has 0 atom stereocenters. The third kappa shape index (κ3) is 4.33. The van der Waals surface area contributed by atoms with Crippen LogP contribution in [0.25, 0.3) is 10.2 Å². The van der Waals surface area contributed by atoms with E-state index in [9.17, 15) is 13.2 Å². The highest BCUT2D eigenvalue weighted by Crippen LogP contribution is 2.26. The molecule has 9 heteroatoms. The lowest BCUT2D eigenvalue weighted by Crippen LogP contribution is -2.27. The van der Waals surface area contributed by atoms with Crippen LogP contribution in [0.15, 0.2) is 52.4 Å². The fourth-order valence-electron chi connectivity index (χ4n) is 3.04. The van der Waals surface area contributed by atoms with Crippen molar-refractivity contribution >= 4 is 37.5 Å². The number of para-hydroxylation sites is 1. The molecule has 0 aliphatic carbocycles. The summed E-state index contributed by atoms with van der Waals surface area (Å²) in [5.41, 5.74) is 1.20. The predicted octanol–water partition coefficient (Wildman–Crippen LogP) is 3.41. The third-order valence-electron chi connectivity index (χ3n) is 4.84. The number of hydrogen-bond donors (Lipinski definition) is 0. The van der Waals surface area contributed by atoms with Crippen molar-refractivity contribution in [3.05, 3.63) is 52.8 Å². The van der Waals surface area contributed by atoms with Crippen molar-refractivity contribution < 1.29 is 17.9 Å². The number of carbonyl (C=O) groups is 1. The second kappa shape index (κ2) is 9.11. The van der Waals surface area contributed by atoms with Crippen LogP contribution in [0.4, 0.5) is 0 Å². The molecule has 0 bridgehead atoms. The molecule has 160 valence electrons. The first kappa shape index (κ1) is 22.2. The quantitative estimate of drug-likeness (QED) is 0.556. The van der Waals surface area contributed by atoms with Crippen LogP contribution in [-0.2, 0) is 17.1 Å². The standard InChI is InChI=1S/C21H25N3O4S2/c1-5-6-14-23(2)30(26,27)16-12-10-15(11-13-16)20(25)22-21-24(3)19-17(28-4)8-7-9-18(19)29-21/h7-13H,5-6,14H2,1-4H3. The summed E-state index contributed by atoms with van der Waals surface area (Å²) >= 11 is 1.39. The van der Waals surface area contributed by atoms with Gasteiger partial charge in [-0.15, -0.1) is 0 Å². The van der Waals surface area contributed by atoms with Crippen LogP contribution in [0.1, 0.15) is 30.1 Å². The topological polar surface area (TPSA) is 81.0 Å². The zero-order valence-corrected chi connectivity index (χ0v) is 19.1. The van der Waals surface area contributed by atoms with E-state index in [1.54, 1.807) is 14.2 Å². The van der Waals surface area contributed by atoms with Crippen LogP contribution < -0.4 is 9.54 Å². The van der Waals surface area contributed by atoms with E-state index < -0.39 is 15.9 Å². The number of carbonyl (C=O) groups excluding carboxylic acids is 1. The lowest BCUT2D eigenvalue weighted by Gasteiger charge is -2.16. The first-order chi connectivity index (χ1) is 14.3. The third-order valence-corrected chi connectivity index (χ3v) is 7.81. The van der Waals surface area contributed by atoms with Crippen molar-refractivity contribution in [2.45, 2.75) is 24.7 Å². The molecule has 7 nitrogen and oxygen atoms in total. The highest BCUT2D eigenvalue weighted by atomic mass is 32.2. The predicted molar refractivity (Wildman–Crippen MR) is 118 cm³/mol. The largest absolute Gasteiger partial charge is 0.495 e. The molecule has 0 saturated carbocycles. The van der Waals surface area contributed by atoms with E-state index >= 15 is 0 Å². The average molecular weight is 448 g/mol. The Bertz CT molecular complexity index is 1230. The van der Waals surface area contributed by atoms with Crippen LogP contribution in [0.2, 0.25) is 0 Å². The molecule has 0 fully saturated rings. The summed E-state index contributed by atoms with van der Waals surface area (Å²) in [7, 11) is 1.43. The Morgan fingerprint density at radius 3 is 2.53 bits per heavy atom. The number of methoxy groups -OCH3 is 1. The van der Waals surface area contributed by atoms with E-state index in [0.717, 1.165) is 23.1 Å². The van der Waals surface area contributed by atoms with Crippen LogP contribution >= 0.6 is 11.3 Å². The number of rotatable bonds is 7. The Hall–Kier alpha value is -2.49. The Labute approximate surface area is 180 Å². The number of hydrogen-bond acceptors (Lipinski definition) is 5. The van der Waals surface area contributed by atoms with Gasteiger partial charge in [0.15, 0.2) is 4.80 Å². The molecule has 0 unspecified atom stereocenters. The number of amides is 1. The molecule has 2 aromatic carbocycles. The zero-order valence-electron chi connectivity index (χ0n) is 17.5. The maximum atomic E-state index is 12.7. The van der Waals surface area contributed by atoms with Crippen LogP contribution in [-0.4, -0.2) is 43.9 Å². The van der Waals surface area contributed by atoms with Gasteiger partial charge in [-0.2, -0.15) is 4.99 Å². The fraction of sp³-hybridized carbons (Fsp3) is 0.333. The molecule has 0 N–H and O–H groups in total. The van der Waals surface area contributed by atoms with Gasteiger partial charge in [0.1, 0.15) is 11.3 Å². The van der Waals surface area contributed by atoms with Gasteiger partial charge in [-0.25, -0.2) is 12.7 Å². The second-order valence-electron chi connectivity index (χ2n) is 6.87. The fourth-order valence-corrected chi connectivity index (χ4v) is 5.29. The SMILES string of the molecule is CCCCN(C)S(=O)(=O)c1ccc(C(=O)N=c2sc3cccc(OC)c3n2C)cc1. The number of unbranched alkanes of at least 4 members (excludes halogenated alkanes) is 1. The van der Waals surface area contributed by atoms with Crippen molar-refractivity contribution in [2.24, 2.45) is 12.0 Å². The van der Waals surface area contributed by atoms with Crippen LogP contribution in [0, 0.1) is 0 Å². The van der Waals surface area contributed by atoms with Gasteiger partial charge >= 0.3 is 0 Å². The van der Waals surface area contributed by atoms with Crippen LogP contribution in [0.5, 0.6) is 5.75 Å². The lowest BCUT2D eigenvalue weighted by molar-refractivity contribution is 0.0998. The number of nitrogens with zero attached hydrogens (tertiary/aromatic N) is 3. The number of sulfonamides is 1. The van der Waals surface area contributed by atoms with E-state index in [0.29, 0.717) is 22.7 Å². The maximum Gasteiger partial charge on any atom is 0.279 e. The molecule has 3 aromatic rings. The summed E-state index contributed by atoms with van der Waals surface area (Å²) in [6.45, 7) is 2.47. The summed E-state index contributed by atoms with van der Waals surface area (Å²) in [6, 6.07) is 11.6. The van der Waals surface area contributed by atoms with Gasteiger partial charge in [-0.1, -0.05) is 30.7 Å². The number of aryl methyl sites for hydroxylation is 1. The number of thiazole rings is 1. The molecule has 0 spiro atoms. The molecular formula is C21H25N3O4S2. The number of fused-ring (bicyclic) bond motifs is 1. The Morgan fingerprint density at radius 2 is 1.90 bits per heavy atom. The molecule has 3 rings (SSSR count). The van der Waals surface area contributed by atoms with Crippen molar-refractivity contribution in [3.8, 4) is 5.75 Å². The highest BCUT2D eigenvalue weighted by Gasteiger charge is 2.20. The molecule has 1 aromatic heterocycles. The van der Waals surface area contributed by atoms with E-state index in [-0.39, 0.29) is 4.90 Å². The van der Waals surface area contributed by atoms with Crippen LogP contribution in [0.3, 0.4) is 0 Å². The number of ether oxygens (including phenoxy) is 1. The summed E-state index contributed by atoms with van der Waals surface area (Å²) in [5, 5.41) is 0. The van der Waals surface area contributed by atoms with Gasteiger partial charge in [0.2, 0.25) is 10.0 Å². The minimum atomic E-state index is -3.57.